The number of rotatable bonds is 4. The lowest BCUT2D eigenvalue weighted by molar-refractivity contribution is 0.217. The number of aryl methyl sites for hydroxylation is 1. The van der Waals surface area contributed by atoms with Crippen LogP contribution in [0.1, 0.15) is 5.56 Å². The highest BCUT2D eigenvalue weighted by atomic mass is 32.2. The molecule has 0 spiro atoms. The molecule has 0 fully saturated rings. The zero-order chi connectivity index (χ0) is 11.5. The lowest BCUT2D eigenvalue weighted by Crippen LogP contribution is -2.13. The Hall–Kier alpha value is -1.07. The quantitative estimate of drug-likeness (QED) is 0.782. The van der Waals surface area contributed by atoms with Gasteiger partial charge in [0.1, 0.15) is 0 Å². The second-order valence-electron chi connectivity index (χ2n) is 3.35. The van der Waals surface area contributed by atoms with Crippen molar-refractivity contribution in [3.05, 3.63) is 23.8 Å². The summed E-state index contributed by atoms with van der Waals surface area (Å²) in [6.45, 7) is 2.04. The van der Waals surface area contributed by atoms with Gasteiger partial charge in [0.15, 0.2) is 9.84 Å². The molecule has 0 bridgehead atoms. The summed E-state index contributed by atoms with van der Waals surface area (Å²) < 4.78 is 28.3. The average Bonchev–Trinajstić information content (AvgIpc) is 2.14. The van der Waals surface area contributed by atoms with Crippen molar-refractivity contribution in [3.8, 4) is 0 Å². The summed E-state index contributed by atoms with van der Waals surface area (Å²) in [7, 11) is -1.85. The van der Waals surface area contributed by atoms with Crippen molar-refractivity contribution in [3.63, 3.8) is 0 Å². The van der Waals surface area contributed by atoms with Crippen LogP contribution < -0.4 is 5.73 Å². The van der Waals surface area contributed by atoms with E-state index in [9.17, 15) is 8.42 Å². The molecule has 5 heteroatoms. The van der Waals surface area contributed by atoms with Crippen LogP contribution in [0.25, 0.3) is 0 Å². The van der Waals surface area contributed by atoms with Gasteiger partial charge in [-0.2, -0.15) is 0 Å². The van der Waals surface area contributed by atoms with Crippen LogP contribution in [0.5, 0.6) is 0 Å². The first-order chi connectivity index (χ1) is 6.97. The molecule has 0 atom stereocenters. The van der Waals surface area contributed by atoms with E-state index in [1.165, 1.54) is 13.2 Å². The smallest absolute Gasteiger partial charge is 0.182 e. The first-order valence-corrected chi connectivity index (χ1v) is 6.20. The molecule has 0 radical (unpaired) electrons. The number of nitrogens with two attached hydrogens (primary N) is 1. The number of ether oxygens (including phenoxy) is 1. The SMILES string of the molecule is COCCS(=O)(=O)c1ccc(C)cc1N. The van der Waals surface area contributed by atoms with Crippen molar-refractivity contribution in [1.82, 2.24) is 0 Å². The van der Waals surface area contributed by atoms with E-state index < -0.39 is 9.84 Å². The van der Waals surface area contributed by atoms with E-state index in [1.807, 2.05) is 6.92 Å². The minimum Gasteiger partial charge on any atom is -0.398 e. The molecule has 1 aromatic rings. The third-order valence-corrected chi connectivity index (χ3v) is 3.80. The van der Waals surface area contributed by atoms with Gasteiger partial charge in [0, 0.05) is 7.11 Å². The highest BCUT2D eigenvalue weighted by molar-refractivity contribution is 7.91. The molecule has 0 heterocycles. The Kier molecular flexibility index (Phi) is 3.71. The molecule has 0 saturated carbocycles. The lowest BCUT2D eigenvalue weighted by atomic mass is 10.2. The van der Waals surface area contributed by atoms with Gasteiger partial charge in [0.25, 0.3) is 0 Å². The van der Waals surface area contributed by atoms with Gasteiger partial charge < -0.3 is 10.5 Å². The van der Waals surface area contributed by atoms with Gasteiger partial charge in [0.05, 0.1) is 22.9 Å². The topological polar surface area (TPSA) is 69.4 Å². The second kappa shape index (κ2) is 4.63. The molecule has 15 heavy (non-hydrogen) atoms. The maximum absolute atomic E-state index is 11.8. The summed E-state index contributed by atoms with van der Waals surface area (Å²) in [4.78, 5) is 0.185. The lowest BCUT2D eigenvalue weighted by Gasteiger charge is -2.07. The van der Waals surface area contributed by atoms with E-state index in [0.29, 0.717) is 5.69 Å². The highest BCUT2D eigenvalue weighted by Crippen LogP contribution is 2.20. The van der Waals surface area contributed by atoms with Crippen molar-refractivity contribution in [2.75, 3.05) is 25.2 Å². The molecule has 0 aliphatic heterocycles. The van der Waals surface area contributed by atoms with Crippen LogP contribution >= 0.6 is 0 Å². The fourth-order valence-electron chi connectivity index (χ4n) is 1.25. The number of hydrogen-bond acceptors (Lipinski definition) is 4. The minimum absolute atomic E-state index is 0.0449. The number of benzene rings is 1. The Balaban J connectivity index is 3.05. The first kappa shape index (κ1) is 12.0. The van der Waals surface area contributed by atoms with E-state index in [0.717, 1.165) is 5.56 Å². The average molecular weight is 229 g/mol. The summed E-state index contributed by atoms with van der Waals surface area (Å²) in [6.07, 6.45) is 0. The van der Waals surface area contributed by atoms with Crippen LogP contribution in [-0.2, 0) is 14.6 Å². The van der Waals surface area contributed by atoms with Crippen LogP contribution in [0.3, 0.4) is 0 Å². The van der Waals surface area contributed by atoms with Crippen LogP contribution in [0.4, 0.5) is 5.69 Å². The molecule has 0 amide bonds. The van der Waals surface area contributed by atoms with Gasteiger partial charge in [-0.3, -0.25) is 0 Å². The van der Waals surface area contributed by atoms with Crippen molar-refractivity contribution >= 4 is 15.5 Å². The summed E-state index contributed by atoms with van der Waals surface area (Å²) in [6, 6.07) is 4.92. The molecule has 2 N–H and O–H groups in total. The zero-order valence-electron chi connectivity index (χ0n) is 8.86. The summed E-state index contributed by atoms with van der Waals surface area (Å²) in [5.74, 6) is -0.0449. The Morgan fingerprint density at radius 1 is 1.40 bits per heavy atom. The maximum atomic E-state index is 11.8. The van der Waals surface area contributed by atoms with Crippen LogP contribution in [0.2, 0.25) is 0 Å². The molecular weight excluding hydrogens is 214 g/mol. The van der Waals surface area contributed by atoms with Crippen LogP contribution in [0, 0.1) is 6.92 Å². The summed E-state index contributed by atoms with van der Waals surface area (Å²) in [5.41, 5.74) is 6.90. The molecular formula is C10H15NO3S. The second-order valence-corrected chi connectivity index (χ2v) is 5.43. The number of sulfone groups is 1. The predicted octanol–water partition coefficient (Wildman–Crippen LogP) is 0.997. The van der Waals surface area contributed by atoms with Crippen LogP contribution in [-0.4, -0.2) is 27.9 Å². The van der Waals surface area contributed by atoms with E-state index in [2.05, 4.69) is 0 Å². The molecule has 0 saturated heterocycles. The van der Waals surface area contributed by atoms with E-state index >= 15 is 0 Å². The largest absolute Gasteiger partial charge is 0.398 e. The molecule has 0 aliphatic rings. The highest BCUT2D eigenvalue weighted by Gasteiger charge is 2.16. The minimum atomic E-state index is -3.32. The number of anilines is 1. The monoisotopic (exact) mass is 229 g/mol. The number of nitrogen functional groups attached to an aromatic ring is 1. The molecule has 4 nitrogen and oxygen atoms in total. The Morgan fingerprint density at radius 3 is 2.60 bits per heavy atom. The van der Waals surface area contributed by atoms with Crippen molar-refractivity contribution in [2.24, 2.45) is 0 Å². The Morgan fingerprint density at radius 2 is 2.07 bits per heavy atom. The Labute approximate surface area is 90.0 Å². The fourth-order valence-corrected chi connectivity index (χ4v) is 2.55. The molecule has 0 aromatic heterocycles. The van der Waals surface area contributed by atoms with E-state index in [-0.39, 0.29) is 17.3 Å². The van der Waals surface area contributed by atoms with Gasteiger partial charge in [-0.25, -0.2) is 8.42 Å². The molecule has 84 valence electrons. The third kappa shape index (κ3) is 2.94. The van der Waals surface area contributed by atoms with Crippen LogP contribution in [0.15, 0.2) is 23.1 Å². The third-order valence-electron chi connectivity index (χ3n) is 2.06. The van der Waals surface area contributed by atoms with E-state index in [4.69, 9.17) is 10.5 Å². The Bertz CT molecular complexity index is 440. The summed E-state index contributed by atoms with van der Waals surface area (Å²) >= 11 is 0. The van der Waals surface area contributed by atoms with Gasteiger partial charge in [-0.1, -0.05) is 6.07 Å². The summed E-state index contributed by atoms with van der Waals surface area (Å²) in [5, 5.41) is 0. The molecule has 0 unspecified atom stereocenters. The van der Waals surface area contributed by atoms with Gasteiger partial charge in [-0.15, -0.1) is 0 Å². The molecule has 1 rings (SSSR count). The van der Waals surface area contributed by atoms with Gasteiger partial charge in [-0.05, 0) is 24.6 Å². The first-order valence-electron chi connectivity index (χ1n) is 4.55. The van der Waals surface area contributed by atoms with Gasteiger partial charge in [0.2, 0.25) is 0 Å². The van der Waals surface area contributed by atoms with Crippen molar-refractivity contribution in [2.45, 2.75) is 11.8 Å². The van der Waals surface area contributed by atoms with Gasteiger partial charge >= 0.3 is 0 Å². The standard InChI is InChI=1S/C10H15NO3S/c1-8-3-4-10(9(11)7-8)15(12,13)6-5-14-2/h3-4,7H,5-6,11H2,1-2H3. The molecule has 0 aliphatic carbocycles. The van der Waals surface area contributed by atoms with Crippen molar-refractivity contribution in [1.29, 1.82) is 0 Å². The zero-order valence-corrected chi connectivity index (χ0v) is 9.67. The predicted molar refractivity (Wildman–Crippen MR) is 59.5 cm³/mol. The van der Waals surface area contributed by atoms with Crippen molar-refractivity contribution < 1.29 is 13.2 Å². The fraction of sp³-hybridized carbons (Fsp3) is 0.400. The number of hydrogen-bond donors (Lipinski definition) is 1. The molecule has 1 aromatic carbocycles. The number of methoxy groups -OCH3 is 1. The van der Waals surface area contributed by atoms with E-state index in [1.54, 1.807) is 12.1 Å². The normalized spacial score (nSPS) is 11.6. The maximum Gasteiger partial charge on any atom is 0.182 e.